The molecule has 5 rings (SSSR count). The summed E-state index contributed by atoms with van der Waals surface area (Å²) in [6.45, 7) is 3.34. The minimum Gasteiger partial charge on any atom is -0.361 e. The Labute approximate surface area is 189 Å². The van der Waals surface area contributed by atoms with Gasteiger partial charge < -0.3 is 9.55 Å². The molecule has 0 fully saturated rings. The Bertz CT molecular complexity index is 1480. The van der Waals surface area contributed by atoms with E-state index in [1.807, 2.05) is 49.5 Å². The summed E-state index contributed by atoms with van der Waals surface area (Å²) in [7, 11) is 0. The highest BCUT2D eigenvalue weighted by molar-refractivity contribution is 7.78. The van der Waals surface area contributed by atoms with Gasteiger partial charge in [0.1, 0.15) is 0 Å². The third-order valence-corrected chi connectivity index (χ3v) is 5.96. The van der Waals surface area contributed by atoms with Crippen molar-refractivity contribution in [3.05, 3.63) is 71.5 Å². The van der Waals surface area contributed by atoms with Crippen LogP contribution >= 0.6 is 12.2 Å². The van der Waals surface area contributed by atoms with Gasteiger partial charge in [-0.15, -0.1) is 0 Å². The number of aromatic nitrogens is 2. The number of aryl methyl sites for hydroxylation is 2. The molecule has 0 bridgehead atoms. The number of carbonyl (C=O) groups excluding carboxylic acids is 2. The van der Waals surface area contributed by atoms with Crippen LogP contribution in [0.15, 0.2) is 59.9 Å². The lowest BCUT2D eigenvalue weighted by molar-refractivity contribution is -0.122. The zero-order valence-corrected chi connectivity index (χ0v) is 18.3. The van der Waals surface area contributed by atoms with Crippen LogP contribution in [0.4, 0.5) is 0 Å². The predicted molar refractivity (Wildman–Crippen MR) is 129 cm³/mol. The number of hydrogen-bond acceptors (Lipinski definition) is 4. The molecule has 0 saturated heterocycles. The molecule has 4 aromatic rings. The van der Waals surface area contributed by atoms with Crippen LogP contribution in [0.25, 0.3) is 33.0 Å². The topological polar surface area (TPSA) is 79.2 Å². The first kappa shape index (κ1) is 20.1. The maximum absolute atomic E-state index is 13.0. The fourth-order valence-electron chi connectivity index (χ4n) is 4.40. The van der Waals surface area contributed by atoms with Gasteiger partial charge >= 0.3 is 0 Å². The van der Waals surface area contributed by atoms with E-state index in [1.54, 1.807) is 6.20 Å². The first-order chi connectivity index (χ1) is 15.6. The standard InChI is InChI=1S/C25H20N4O2S/c1-15-7-8-17-19(13-29(21(17)11-15)10-4-9-26-14-32)23-22(24(30)28-25(23)31)18-12-27-20-6-3-2-5-16(18)20/h2-3,5-8,11-13,27H,4,9-10H2,1H3,(H,28,30,31). The number of isothiocyanates is 1. The summed E-state index contributed by atoms with van der Waals surface area (Å²) in [6.07, 6.45) is 4.55. The number of benzene rings is 2. The number of para-hydroxylation sites is 1. The smallest absolute Gasteiger partial charge is 0.259 e. The summed E-state index contributed by atoms with van der Waals surface area (Å²) in [5.41, 5.74) is 5.34. The number of fused-ring (bicyclic) bond motifs is 2. The van der Waals surface area contributed by atoms with Crippen LogP contribution in [0, 0.1) is 6.92 Å². The summed E-state index contributed by atoms with van der Waals surface area (Å²) in [5.74, 6) is -0.752. The van der Waals surface area contributed by atoms with Crippen molar-refractivity contribution in [2.24, 2.45) is 4.99 Å². The van der Waals surface area contributed by atoms with Gasteiger partial charge in [-0.05, 0) is 43.3 Å². The van der Waals surface area contributed by atoms with Crippen LogP contribution in [0.1, 0.15) is 23.1 Å². The van der Waals surface area contributed by atoms with E-state index in [0.29, 0.717) is 24.2 Å². The predicted octanol–water partition coefficient (Wildman–Crippen LogP) is 4.49. The summed E-state index contributed by atoms with van der Waals surface area (Å²) in [6, 6.07) is 13.9. The van der Waals surface area contributed by atoms with Crippen molar-refractivity contribution in [3.8, 4) is 0 Å². The highest BCUT2D eigenvalue weighted by Crippen LogP contribution is 2.38. The number of hydrogen-bond donors (Lipinski definition) is 2. The van der Waals surface area contributed by atoms with Gasteiger partial charge in [-0.25, -0.2) is 4.99 Å². The van der Waals surface area contributed by atoms with Crippen LogP contribution in [-0.4, -0.2) is 33.1 Å². The molecular weight excluding hydrogens is 420 g/mol. The molecule has 1 aliphatic rings. The number of imide groups is 1. The Hall–Kier alpha value is -3.80. The lowest BCUT2D eigenvalue weighted by Crippen LogP contribution is -2.22. The molecule has 2 amide bonds. The van der Waals surface area contributed by atoms with E-state index >= 15 is 0 Å². The maximum Gasteiger partial charge on any atom is 0.259 e. The number of H-pyrrole nitrogens is 1. The number of aromatic amines is 1. The summed E-state index contributed by atoms with van der Waals surface area (Å²) in [5, 5.41) is 6.74. The molecule has 2 aromatic carbocycles. The number of nitrogens with zero attached hydrogens (tertiary/aromatic N) is 2. The van der Waals surface area contributed by atoms with Crippen molar-refractivity contribution >= 4 is 62.1 Å². The maximum atomic E-state index is 13.0. The quantitative estimate of drug-likeness (QED) is 0.201. The van der Waals surface area contributed by atoms with Crippen LogP contribution in [0.3, 0.4) is 0 Å². The summed E-state index contributed by atoms with van der Waals surface area (Å²) in [4.78, 5) is 33.1. The SMILES string of the molecule is Cc1ccc2c(C3=C(c4c[nH]c5ccccc45)C(=O)NC3=O)cn(CCCN=C=S)c2c1. The molecule has 0 spiro atoms. The number of carbonyl (C=O) groups is 2. The Morgan fingerprint density at radius 1 is 1.03 bits per heavy atom. The van der Waals surface area contributed by atoms with Crippen molar-refractivity contribution in [3.63, 3.8) is 0 Å². The second kappa shape index (κ2) is 8.04. The van der Waals surface area contributed by atoms with E-state index < -0.39 is 0 Å². The van der Waals surface area contributed by atoms with Gasteiger partial charge in [-0.2, -0.15) is 0 Å². The highest BCUT2D eigenvalue weighted by atomic mass is 32.1. The van der Waals surface area contributed by atoms with Gasteiger partial charge in [0, 0.05) is 51.9 Å². The Morgan fingerprint density at radius 2 is 1.81 bits per heavy atom. The first-order valence-electron chi connectivity index (χ1n) is 10.4. The van der Waals surface area contributed by atoms with E-state index in [2.05, 4.69) is 43.3 Å². The van der Waals surface area contributed by atoms with Gasteiger partial charge in [0.25, 0.3) is 11.8 Å². The minimum atomic E-state index is -0.377. The molecule has 32 heavy (non-hydrogen) atoms. The fraction of sp³-hybridized carbons (Fsp3) is 0.160. The Kier molecular flexibility index (Phi) is 5.05. The lowest BCUT2D eigenvalue weighted by Gasteiger charge is -2.04. The van der Waals surface area contributed by atoms with E-state index in [1.165, 1.54) is 0 Å². The summed E-state index contributed by atoms with van der Waals surface area (Å²) < 4.78 is 2.12. The number of thiocarbonyl (C=S) groups is 1. The number of aliphatic imine (C=N–C) groups is 1. The molecule has 0 radical (unpaired) electrons. The largest absolute Gasteiger partial charge is 0.361 e. The van der Waals surface area contributed by atoms with E-state index in [9.17, 15) is 9.59 Å². The van der Waals surface area contributed by atoms with Crippen LogP contribution in [0.2, 0.25) is 0 Å². The van der Waals surface area contributed by atoms with Gasteiger partial charge in [-0.1, -0.05) is 30.3 Å². The van der Waals surface area contributed by atoms with Crippen LogP contribution in [-0.2, 0) is 16.1 Å². The van der Waals surface area contributed by atoms with E-state index in [4.69, 9.17) is 0 Å². The number of nitrogens with one attached hydrogen (secondary N) is 2. The molecule has 0 saturated carbocycles. The Balaban J connectivity index is 1.73. The second-order valence-corrected chi connectivity index (χ2v) is 8.05. The zero-order chi connectivity index (χ0) is 22.2. The first-order valence-corrected chi connectivity index (χ1v) is 10.8. The molecule has 2 aromatic heterocycles. The molecule has 0 unspecified atom stereocenters. The van der Waals surface area contributed by atoms with E-state index in [-0.39, 0.29) is 11.8 Å². The van der Waals surface area contributed by atoms with Crippen LogP contribution in [0.5, 0.6) is 0 Å². The van der Waals surface area contributed by atoms with Crippen molar-refractivity contribution in [1.29, 1.82) is 0 Å². The minimum absolute atomic E-state index is 0.375. The summed E-state index contributed by atoms with van der Waals surface area (Å²) >= 11 is 4.65. The fourth-order valence-corrected chi connectivity index (χ4v) is 4.49. The van der Waals surface area contributed by atoms with Gasteiger partial charge in [0.2, 0.25) is 0 Å². The third-order valence-electron chi connectivity index (χ3n) is 5.83. The van der Waals surface area contributed by atoms with Crippen molar-refractivity contribution in [1.82, 2.24) is 14.9 Å². The molecule has 0 aliphatic carbocycles. The molecule has 3 heterocycles. The van der Waals surface area contributed by atoms with Gasteiger partial charge in [-0.3, -0.25) is 14.9 Å². The van der Waals surface area contributed by atoms with Gasteiger partial charge in [0.05, 0.1) is 22.9 Å². The van der Waals surface area contributed by atoms with E-state index in [0.717, 1.165) is 44.9 Å². The molecule has 6 nitrogen and oxygen atoms in total. The second-order valence-electron chi connectivity index (χ2n) is 7.86. The highest BCUT2D eigenvalue weighted by Gasteiger charge is 2.35. The third kappa shape index (κ3) is 3.28. The molecule has 0 atom stereocenters. The molecule has 2 N–H and O–H groups in total. The normalized spacial score (nSPS) is 13.8. The van der Waals surface area contributed by atoms with Crippen molar-refractivity contribution < 1.29 is 9.59 Å². The van der Waals surface area contributed by atoms with Crippen LogP contribution < -0.4 is 5.32 Å². The average molecular weight is 441 g/mol. The molecule has 1 aliphatic heterocycles. The zero-order valence-electron chi connectivity index (χ0n) is 17.4. The average Bonchev–Trinajstić information content (AvgIpc) is 3.44. The number of rotatable bonds is 6. The molecule has 158 valence electrons. The number of amides is 2. The monoisotopic (exact) mass is 440 g/mol. The van der Waals surface area contributed by atoms with Crippen molar-refractivity contribution in [2.75, 3.05) is 6.54 Å². The van der Waals surface area contributed by atoms with Crippen molar-refractivity contribution in [2.45, 2.75) is 19.9 Å². The Morgan fingerprint density at radius 3 is 2.62 bits per heavy atom. The molecular formula is C25H20N4O2S. The lowest BCUT2D eigenvalue weighted by atomic mass is 9.95. The molecule has 7 heteroatoms. The van der Waals surface area contributed by atoms with Gasteiger partial charge in [0.15, 0.2) is 0 Å².